The molecule has 0 bridgehead atoms. The SMILES string of the molecule is CC(=O)C(=NNc1cccc(-n2nc(C(=O)Nc3nnc(S(N)(=O)=O)s3)c(C(=O)Nc3nnc(S(N)(=O)=O)s3)c2-c2ccccc2)c1)C(C)=O. The first-order chi connectivity index (χ1) is 23.5. The zero-order chi connectivity index (χ0) is 36.4. The lowest BCUT2D eigenvalue weighted by Gasteiger charge is -2.11. The number of benzene rings is 2. The molecule has 0 atom stereocenters. The monoisotopic (exact) mass is 758 g/mol. The Hall–Kier alpha value is -5.66. The van der Waals surface area contributed by atoms with Gasteiger partial charge in [-0.2, -0.15) is 10.2 Å². The minimum Gasteiger partial charge on any atom is -0.296 e. The highest BCUT2D eigenvalue weighted by Crippen LogP contribution is 2.32. The number of nitrogens with one attached hydrogen (secondary N) is 3. The molecule has 3 aromatic heterocycles. The number of primary sulfonamides is 2. The maximum absolute atomic E-state index is 14.0. The number of nitrogens with two attached hydrogens (primary N) is 2. The van der Waals surface area contributed by atoms with Gasteiger partial charge in [0.05, 0.1) is 22.6 Å². The Morgan fingerprint density at radius 1 is 0.760 bits per heavy atom. The third-order valence-electron chi connectivity index (χ3n) is 6.17. The van der Waals surface area contributed by atoms with Gasteiger partial charge in [-0.25, -0.2) is 31.8 Å². The van der Waals surface area contributed by atoms with Crippen LogP contribution < -0.4 is 26.3 Å². The smallest absolute Gasteiger partial charge is 0.278 e. The average Bonchev–Trinajstić information content (AvgIpc) is 3.80. The average molecular weight is 759 g/mol. The Balaban J connectivity index is 1.68. The summed E-state index contributed by atoms with van der Waals surface area (Å²) in [5.74, 6) is -3.14. The molecule has 0 saturated heterocycles. The predicted octanol–water partition coefficient (Wildman–Crippen LogP) is 0.988. The van der Waals surface area contributed by atoms with Gasteiger partial charge in [-0.15, -0.1) is 20.4 Å². The van der Waals surface area contributed by atoms with Crippen LogP contribution in [-0.4, -0.2) is 76.1 Å². The molecular formula is C26H22N12O8S4. The largest absolute Gasteiger partial charge is 0.296 e. The minimum atomic E-state index is -4.26. The van der Waals surface area contributed by atoms with Crippen LogP contribution in [0.3, 0.4) is 0 Å². The van der Waals surface area contributed by atoms with Gasteiger partial charge in [-0.3, -0.25) is 35.2 Å². The second kappa shape index (κ2) is 14.1. The van der Waals surface area contributed by atoms with E-state index in [9.17, 15) is 36.0 Å². The number of aromatic nitrogens is 6. The Morgan fingerprint density at radius 2 is 1.32 bits per heavy atom. The summed E-state index contributed by atoms with van der Waals surface area (Å²) in [5.41, 5.74) is 2.43. The van der Waals surface area contributed by atoms with Gasteiger partial charge in [0.1, 0.15) is 0 Å². The maximum Gasteiger partial charge on any atom is 0.278 e. The molecule has 5 aromatic rings. The van der Waals surface area contributed by atoms with E-state index in [4.69, 9.17) is 10.3 Å². The second-order valence-electron chi connectivity index (χ2n) is 9.83. The Bertz CT molecular complexity index is 2400. The molecule has 0 saturated carbocycles. The van der Waals surface area contributed by atoms with Gasteiger partial charge >= 0.3 is 0 Å². The van der Waals surface area contributed by atoms with Crippen molar-refractivity contribution in [3.63, 3.8) is 0 Å². The molecule has 2 amide bonds. The van der Waals surface area contributed by atoms with Crippen LogP contribution in [0.2, 0.25) is 0 Å². The quantitative estimate of drug-likeness (QED) is 0.0513. The van der Waals surface area contributed by atoms with Crippen molar-refractivity contribution in [3.05, 3.63) is 65.9 Å². The molecule has 7 N–H and O–H groups in total. The number of rotatable bonds is 12. The van der Waals surface area contributed by atoms with Crippen molar-refractivity contribution in [1.29, 1.82) is 0 Å². The number of hydrazone groups is 1. The summed E-state index contributed by atoms with van der Waals surface area (Å²) in [7, 11) is -8.51. The minimum absolute atomic E-state index is 0.0562. The molecule has 20 nitrogen and oxygen atoms in total. The van der Waals surface area contributed by atoms with E-state index in [1.54, 1.807) is 48.5 Å². The molecule has 50 heavy (non-hydrogen) atoms. The summed E-state index contributed by atoms with van der Waals surface area (Å²) < 4.78 is 47.0. The zero-order valence-electron chi connectivity index (χ0n) is 25.4. The number of hydrogen-bond donors (Lipinski definition) is 5. The summed E-state index contributed by atoms with van der Waals surface area (Å²) in [6.07, 6.45) is 0. The van der Waals surface area contributed by atoms with Crippen LogP contribution >= 0.6 is 22.7 Å². The van der Waals surface area contributed by atoms with E-state index in [-0.39, 0.29) is 38.6 Å². The molecular weight excluding hydrogens is 737 g/mol. The molecule has 2 aromatic carbocycles. The molecule has 24 heteroatoms. The summed E-state index contributed by atoms with van der Waals surface area (Å²) in [6, 6.07) is 14.5. The van der Waals surface area contributed by atoms with E-state index >= 15 is 0 Å². The van der Waals surface area contributed by atoms with Crippen molar-refractivity contribution >= 4 is 87.8 Å². The number of carbonyl (C=O) groups is 4. The fourth-order valence-electron chi connectivity index (χ4n) is 4.14. The molecule has 0 radical (unpaired) electrons. The van der Waals surface area contributed by atoms with Crippen molar-refractivity contribution in [3.8, 4) is 16.9 Å². The molecule has 0 aliphatic rings. The third-order valence-corrected chi connectivity index (χ3v) is 10.5. The van der Waals surface area contributed by atoms with E-state index in [2.05, 4.69) is 46.7 Å². The van der Waals surface area contributed by atoms with Crippen LogP contribution in [0.5, 0.6) is 0 Å². The maximum atomic E-state index is 14.0. The molecule has 0 aliphatic carbocycles. The van der Waals surface area contributed by atoms with Gasteiger partial charge in [0.2, 0.25) is 18.9 Å². The van der Waals surface area contributed by atoms with Gasteiger partial charge in [0.25, 0.3) is 31.9 Å². The van der Waals surface area contributed by atoms with Gasteiger partial charge in [-0.1, -0.05) is 59.1 Å². The Morgan fingerprint density at radius 3 is 1.84 bits per heavy atom. The molecule has 0 aliphatic heterocycles. The first-order valence-corrected chi connectivity index (χ1v) is 18.2. The lowest BCUT2D eigenvalue weighted by molar-refractivity contribution is -0.114. The zero-order valence-corrected chi connectivity index (χ0v) is 28.6. The number of Topliss-reactive ketones (excluding diaryl/α,β-unsaturated/α-hetero) is 2. The van der Waals surface area contributed by atoms with Crippen molar-refractivity contribution in [2.45, 2.75) is 22.5 Å². The van der Waals surface area contributed by atoms with Crippen LogP contribution in [0.1, 0.15) is 34.7 Å². The van der Waals surface area contributed by atoms with Crippen LogP contribution in [0.4, 0.5) is 16.0 Å². The standard InChI is InChI=1S/C26H22N12O8S4/c1-12(39)18(13(2)40)32-31-15-9-6-10-16(11-15)38-20(14-7-4-3-5-8-14)17(21(41)29-23-33-35-25(47-23)49(27,43)44)19(37-38)22(42)30-24-34-36-26(48-24)50(28,45)46/h3-11,31H,1-2H3,(H2,27,43,44)(H2,28,45,46)(H,29,33,41)(H,30,34,42). The topological polar surface area (TPSA) is 306 Å². The van der Waals surface area contributed by atoms with Gasteiger partial charge in [0.15, 0.2) is 23.0 Å². The molecule has 0 spiro atoms. The first kappa shape index (κ1) is 35.6. The number of amides is 2. The predicted molar refractivity (Wildman–Crippen MR) is 180 cm³/mol. The molecule has 5 rings (SSSR count). The number of nitrogens with zero attached hydrogens (tertiary/aromatic N) is 7. The van der Waals surface area contributed by atoms with E-state index in [0.717, 1.165) is 0 Å². The summed E-state index contributed by atoms with van der Waals surface area (Å²) >= 11 is 0.900. The number of sulfonamides is 2. The summed E-state index contributed by atoms with van der Waals surface area (Å²) in [6.45, 7) is 2.37. The van der Waals surface area contributed by atoms with Crippen LogP contribution in [0.15, 0.2) is 68.4 Å². The number of ketones is 2. The highest BCUT2D eigenvalue weighted by Gasteiger charge is 2.31. The lowest BCUT2D eigenvalue weighted by atomic mass is 10.0. The Labute approximate surface area is 289 Å². The first-order valence-electron chi connectivity index (χ1n) is 13.5. The van der Waals surface area contributed by atoms with E-state index in [1.165, 1.54) is 24.6 Å². The Kier molecular flexibility index (Phi) is 10.0. The normalized spacial score (nSPS) is 11.4. The highest BCUT2D eigenvalue weighted by atomic mass is 32.3. The highest BCUT2D eigenvalue weighted by molar-refractivity contribution is 7.91. The van der Waals surface area contributed by atoms with Crippen LogP contribution in [0, 0.1) is 0 Å². The van der Waals surface area contributed by atoms with Crippen molar-refractivity contribution in [2.24, 2.45) is 15.4 Å². The molecule has 3 heterocycles. The van der Waals surface area contributed by atoms with Crippen LogP contribution in [0.25, 0.3) is 16.9 Å². The summed E-state index contributed by atoms with van der Waals surface area (Å²) in [5, 5.41) is 37.0. The number of anilines is 3. The van der Waals surface area contributed by atoms with Crippen molar-refractivity contribution in [2.75, 3.05) is 16.1 Å². The fourth-order valence-corrected chi connectivity index (χ4v) is 6.80. The van der Waals surface area contributed by atoms with Crippen molar-refractivity contribution < 1.29 is 36.0 Å². The lowest BCUT2D eigenvalue weighted by Crippen LogP contribution is -2.20. The van der Waals surface area contributed by atoms with E-state index in [1.807, 2.05) is 0 Å². The molecule has 0 fully saturated rings. The summed E-state index contributed by atoms with van der Waals surface area (Å²) in [4.78, 5) is 51.5. The number of carbonyl (C=O) groups excluding carboxylic acids is 4. The van der Waals surface area contributed by atoms with Crippen LogP contribution in [-0.2, 0) is 29.6 Å². The van der Waals surface area contributed by atoms with Crippen molar-refractivity contribution in [1.82, 2.24) is 30.2 Å². The fraction of sp³-hybridized carbons (Fsp3) is 0.0769. The second-order valence-corrected chi connectivity index (χ2v) is 15.3. The van der Waals surface area contributed by atoms with Gasteiger partial charge in [-0.05, 0) is 18.2 Å². The van der Waals surface area contributed by atoms with Gasteiger partial charge in [0, 0.05) is 19.4 Å². The number of hydrogen-bond acceptors (Lipinski definition) is 17. The molecule has 0 unspecified atom stereocenters. The van der Waals surface area contributed by atoms with E-state index < -0.39 is 57.8 Å². The molecule has 258 valence electrons. The van der Waals surface area contributed by atoms with Gasteiger partial charge < -0.3 is 0 Å². The van der Waals surface area contributed by atoms with E-state index in [0.29, 0.717) is 28.2 Å². The third kappa shape index (κ3) is 7.96.